The second-order valence-corrected chi connectivity index (χ2v) is 9.63. The maximum Gasteiger partial charge on any atom is 0.251 e. The maximum atomic E-state index is 13.2. The predicted octanol–water partition coefficient (Wildman–Crippen LogP) is 7.83. The van der Waals surface area contributed by atoms with Gasteiger partial charge in [0.15, 0.2) is 0 Å². The van der Waals surface area contributed by atoms with E-state index in [1.54, 1.807) is 0 Å². The monoisotopic (exact) mass is 500 g/mol. The summed E-state index contributed by atoms with van der Waals surface area (Å²) >= 11 is 0. The van der Waals surface area contributed by atoms with Crippen molar-refractivity contribution in [2.45, 2.75) is 33.4 Å². The smallest absolute Gasteiger partial charge is 0.251 e. The summed E-state index contributed by atoms with van der Waals surface area (Å²) in [5, 5.41) is 3.13. The molecular weight excluding hydrogens is 468 g/mol. The number of carbonyl (C=O) groups excluding carboxylic acids is 1. The molecule has 0 fully saturated rings. The van der Waals surface area contributed by atoms with Gasteiger partial charge in [-0.25, -0.2) is 0 Å². The fourth-order valence-electron chi connectivity index (χ4n) is 4.69. The molecule has 38 heavy (non-hydrogen) atoms. The highest BCUT2D eigenvalue weighted by Gasteiger charge is 2.17. The van der Waals surface area contributed by atoms with Crippen molar-refractivity contribution in [2.75, 3.05) is 0 Å². The van der Waals surface area contributed by atoms with E-state index >= 15 is 0 Å². The predicted molar refractivity (Wildman–Crippen MR) is 154 cm³/mol. The van der Waals surface area contributed by atoms with Crippen LogP contribution in [0.15, 0.2) is 115 Å². The number of amides is 1. The standard InChI is InChI=1S/C34H32N2O2/c1-24-17-20-33(38-23-27-11-6-4-7-12-27)31(21-24)32-19-18-25(2)36(32)30-16-10-15-29(22-30)34(37)35-26(3)28-13-8-5-9-14-28/h4-22,26H,23H2,1-3H3,(H,35,37). The Morgan fingerprint density at radius 2 is 1.55 bits per heavy atom. The van der Waals surface area contributed by atoms with Crippen molar-refractivity contribution in [3.05, 3.63) is 143 Å². The Morgan fingerprint density at radius 3 is 2.32 bits per heavy atom. The minimum Gasteiger partial charge on any atom is -0.488 e. The number of carbonyl (C=O) groups is 1. The van der Waals surface area contributed by atoms with Gasteiger partial charge in [-0.3, -0.25) is 4.79 Å². The molecule has 1 amide bonds. The molecule has 5 rings (SSSR count). The van der Waals surface area contributed by atoms with Crippen LogP contribution in [-0.2, 0) is 6.61 Å². The van der Waals surface area contributed by atoms with E-state index in [9.17, 15) is 4.79 Å². The van der Waals surface area contributed by atoms with Gasteiger partial charge in [0.25, 0.3) is 5.91 Å². The Balaban J connectivity index is 1.45. The number of hydrogen-bond acceptors (Lipinski definition) is 2. The molecule has 1 aromatic heterocycles. The molecule has 4 heteroatoms. The summed E-state index contributed by atoms with van der Waals surface area (Å²) in [6.45, 7) is 6.66. The van der Waals surface area contributed by atoms with Gasteiger partial charge in [-0.15, -0.1) is 0 Å². The average Bonchev–Trinajstić information content (AvgIpc) is 3.34. The van der Waals surface area contributed by atoms with Crippen LogP contribution in [0.2, 0.25) is 0 Å². The lowest BCUT2D eigenvalue weighted by molar-refractivity contribution is 0.0940. The number of ether oxygens (including phenoxy) is 1. The van der Waals surface area contributed by atoms with Crippen LogP contribution in [0.5, 0.6) is 5.75 Å². The molecule has 0 radical (unpaired) electrons. The first-order valence-electron chi connectivity index (χ1n) is 12.9. The summed E-state index contributed by atoms with van der Waals surface area (Å²) in [5.41, 5.74) is 8.00. The van der Waals surface area contributed by atoms with E-state index in [4.69, 9.17) is 4.74 Å². The van der Waals surface area contributed by atoms with E-state index in [1.807, 2.05) is 85.8 Å². The topological polar surface area (TPSA) is 43.3 Å². The summed E-state index contributed by atoms with van der Waals surface area (Å²) in [7, 11) is 0. The van der Waals surface area contributed by atoms with Crippen molar-refractivity contribution >= 4 is 5.91 Å². The van der Waals surface area contributed by atoms with E-state index in [0.29, 0.717) is 12.2 Å². The molecule has 1 unspecified atom stereocenters. The molecule has 190 valence electrons. The molecule has 0 aliphatic heterocycles. The highest BCUT2D eigenvalue weighted by molar-refractivity contribution is 5.95. The molecule has 1 atom stereocenters. The quantitative estimate of drug-likeness (QED) is 0.236. The van der Waals surface area contributed by atoms with Crippen molar-refractivity contribution < 1.29 is 9.53 Å². The highest BCUT2D eigenvalue weighted by Crippen LogP contribution is 2.35. The van der Waals surface area contributed by atoms with Crippen LogP contribution in [0.1, 0.15) is 45.7 Å². The fraction of sp³-hybridized carbons (Fsp3) is 0.147. The van der Waals surface area contributed by atoms with Gasteiger partial charge < -0.3 is 14.6 Å². The summed E-state index contributed by atoms with van der Waals surface area (Å²) in [6.07, 6.45) is 0. The Bertz CT molecular complexity index is 1540. The Hall–Kier alpha value is -4.57. The molecular formula is C34H32N2O2. The molecule has 1 heterocycles. The Morgan fingerprint density at radius 1 is 0.816 bits per heavy atom. The number of nitrogens with zero attached hydrogens (tertiary/aromatic N) is 1. The van der Waals surface area contributed by atoms with Crippen LogP contribution in [0.4, 0.5) is 0 Å². The Labute approximate surface area is 224 Å². The third-order valence-electron chi connectivity index (χ3n) is 6.74. The molecule has 0 spiro atoms. The van der Waals surface area contributed by atoms with Gasteiger partial charge in [-0.1, -0.05) is 78.4 Å². The van der Waals surface area contributed by atoms with E-state index in [1.165, 1.54) is 0 Å². The van der Waals surface area contributed by atoms with Crippen LogP contribution < -0.4 is 10.1 Å². The van der Waals surface area contributed by atoms with Crippen molar-refractivity contribution in [3.63, 3.8) is 0 Å². The zero-order valence-electron chi connectivity index (χ0n) is 22.0. The second kappa shape index (κ2) is 11.2. The van der Waals surface area contributed by atoms with Gasteiger partial charge in [-0.2, -0.15) is 0 Å². The third kappa shape index (κ3) is 5.55. The maximum absolute atomic E-state index is 13.2. The minimum absolute atomic E-state index is 0.0900. The molecule has 0 aliphatic carbocycles. The van der Waals surface area contributed by atoms with Crippen LogP contribution in [-0.4, -0.2) is 10.5 Å². The number of benzene rings is 4. The first-order valence-corrected chi connectivity index (χ1v) is 12.9. The minimum atomic E-state index is -0.1000. The van der Waals surface area contributed by atoms with Gasteiger partial charge in [-0.05, 0) is 74.4 Å². The molecule has 0 saturated carbocycles. The summed E-state index contributed by atoms with van der Waals surface area (Å²) < 4.78 is 8.49. The first kappa shape index (κ1) is 25.1. The number of aryl methyl sites for hydroxylation is 2. The third-order valence-corrected chi connectivity index (χ3v) is 6.74. The summed E-state index contributed by atoms with van der Waals surface area (Å²) in [6, 6.07) is 38.3. The molecule has 4 aromatic carbocycles. The molecule has 4 nitrogen and oxygen atoms in total. The first-order chi connectivity index (χ1) is 18.5. The van der Waals surface area contributed by atoms with E-state index in [0.717, 1.165) is 45.1 Å². The molecule has 5 aromatic rings. The Kier molecular flexibility index (Phi) is 7.41. The second-order valence-electron chi connectivity index (χ2n) is 9.63. The average molecular weight is 501 g/mol. The number of aromatic nitrogens is 1. The summed E-state index contributed by atoms with van der Waals surface area (Å²) in [5.74, 6) is 0.724. The SMILES string of the molecule is Cc1ccc(OCc2ccccc2)c(-c2ccc(C)n2-c2cccc(C(=O)NC(C)c3ccccc3)c2)c1. The van der Waals surface area contributed by atoms with Crippen molar-refractivity contribution in [3.8, 4) is 22.7 Å². The van der Waals surface area contributed by atoms with Gasteiger partial charge in [0.2, 0.25) is 0 Å². The van der Waals surface area contributed by atoms with E-state index < -0.39 is 0 Å². The molecule has 0 aliphatic rings. The van der Waals surface area contributed by atoms with Crippen molar-refractivity contribution in [1.29, 1.82) is 0 Å². The number of nitrogens with one attached hydrogen (secondary N) is 1. The fourth-order valence-corrected chi connectivity index (χ4v) is 4.69. The number of rotatable bonds is 8. The lowest BCUT2D eigenvalue weighted by atomic mass is 10.1. The van der Waals surface area contributed by atoms with Crippen LogP contribution >= 0.6 is 0 Å². The van der Waals surface area contributed by atoms with Crippen molar-refractivity contribution in [1.82, 2.24) is 9.88 Å². The van der Waals surface area contributed by atoms with E-state index in [-0.39, 0.29) is 11.9 Å². The highest BCUT2D eigenvalue weighted by atomic mass is 16.5. The van der Waals surface area contributed by atoms with Gasteiger partial charge in [0.05, 0.1) is 11.7 Å². The molecule has 0 saturated heterocycles. The van der Waals surface area contributed by atoms with E-state index in [2.05, 4.69) is 60.1 Å². The van der Waals surface area contributed by atoms with Gasteiger partial charge in [0, 0.05) is 22.5 Å². The molecule has 0 bridgehead atoms. The van der Waals surface area contributed by atoms with Crippen molar-refractivity contribution in [2.24, 2.45) is 0 Å². The van der Waals surface area contributed by atoms with Gasteiger partial charge >= 0.3 is 0 Å². The zero-order valence-corrected chi connectivity index (χ0v) is 22.0. The van der Waals surface area contributed by atoms with Crippen LogP contribution in [0, 0.1) is 13.8 Å². The number of hydrogen-bond donors (Lipinski definition) is 1. The van der Waals surface area contributed by atoms with Crippen LogP contribution in [0.25, 0.3) is 16.9 Å². The lowest BCUT2D eigenvalue weighted by Gasteiger charge is -2.18. The molecule has 1 N–H and O–H groups in total. The lowest BCUT2D eigenvalue weighted by Crippen LogP contribution is -2.26. The zero-order chi connectivity index (χ0) is 26.5. The van der Waals surface area contributed by atoms with Gasteiger partial charge in [0.1, 0.15) is 12.4 Å². The summed E-state index contributed by atoms with van der Waals surface area (Å²) in [4.78, 5) is 13.2. The normalized spacial score (nSPS) is 11.7. The largest absolute Gasteiger partial charge is 0.488 e. The van der Waals surface area contributed by atoms with Crippen LogP contribution in [0.3, 0.4) is 0 Å².